The fourth-order valence-electron chi connectivity index (χ4n) is 2.16. The van der Waals surface area contributed by atoms with Gasteiger partial charge in [-0.3, -0.25) is 0 Å². The van der Waals surface area contributed by atoms with Gasteiger partial charge in [0.1, 0.15) is 41.2 Å². The Hall–Kier alpha value is -2.85. The van der Waals surface area contributed by atoms with Crippen molar-refractivity contribution in [3.8, 4) is 42.0 Å². The summed E-state index contributed by atoms with van der Waals surface area (Å²) in [7, 11) is 1.48. The van der Waals surface area contributed by atoms with Crippen LogP contribution in [0.4, 0.5) is 0 Å². The van der Waals surface area contributed by atoms with Crippen LogP contribution in [-0.4, -0.2) is 7.11 Å². The summed E-state index contributed by atoms with van der Waals surface area (Å²) < 4.78 is 11.7. The van der Waals surface area contributed by atoms with Crippen LogP contribution >= 0.6 is 47.0 Å². The molecule has 11 heteroatoms. The molecule has 3 rings (SSSR count). The Kier molecular flexibility index (Phi) is 5.47. The Morgan fingerprint density at radius 3 is 1.33 bits per heavy atom. The largest absolute Gasteiger partial charge is 0.494 e. The minimum Gasteiger partial charge on any atom is -0.494 e. The Balaban J connectivity index is 2.27. The van der Waals surface area contributed by atoms with Gasteiger partial charge < -0.3 is 9.47 Å². The molecule has 0 saturated heterocycles. The predicted molar refractivity (Wildman–Crippen MR) is 99.2 cm³/mol. The fourth-order valence-corrected chi connectivity index (χ4v) is 7.41. The third-order valence-electron chi connectivity index (χ3n) is 3.22. The van der Waals surface area contributed by atoms with E-state index in [2.05, 4.69) is 0 Å². The number of nitriles is 5. The average Bonchev–Trinajstić information content (AvgIpc) is 3.29. The van der Waals surface area contributed by atoms with Crippen LogP contribution in [0.5, 0.6) is 11.5 Å². The van der Waals surface area contributed by atoms with Gasteiger partial charge in [0.05, 0.1) is 35.2 Å². The molecule has 0 N–H and O–H groups in total. The summed E-state index contributed by atoms with van der Waals surface area (Å²) in [6.07, 6.45) is 1.65. The lowest BCUT2D eigenvalue weighted by Gasteiger charge is -2.13. The molecule has 0 bridgehead atoms. The summed E-state index contributed by atoms with van der Waals surface area (Å²) >= 11 is 4.67. The highest BCUT2D eigenvalue weighted by atomic mass is 32.2. The van der Waals surface area contributed by atoms with Crippen LogP contribution in [0.3, 0.4) is 0 Å². The summed E-state index contributed by atoms with van der Waals surface area (Å²) in [4.78, 5) is 2.35. The van der Waals surface area contributed by atoms with E-state index < -0.39 is 0 Å². The van der Waals surface area contributed by atoms with Crippen molar-refractivity contribution in [2.75, 3.05) is 7.11 Å². The van der Waals surface area contributed by atoms with Gasteiger partial charge in [-0.25, -0.2) is 0 Å². The summed E-state index contributed by atoms with van der Waals surface area (Å²) in [5.74, 6) is 0.740. The highest BCUT2D eigenvalue weighted by Crippen LogP contribution is 2.68. The first kappa shape index (κ1) is 18.9. The third kappa shape index (κ3) is 3.06. The van der Waals surface area contributed by atoms with Crippen LogP contribution in [0.15, 0.2) is 39.2 Å². The minimum absolute atomic E-state index is 0.0385. The zero-order chi connectivity index (χ0) is 19.6. The van der Waals surface area contributed by atoms with Crippen molar-refractivity contribution in [2.45, 2.75) is 19.6 Å². The zero-order valence-corrected chi connectivity index (χ0v) is 16.5. The van der Waals surface area contributed by atoms with E-state index >= 15 is 0 Å². The molecule has 128 valence electrons. The van der Waals surface area contributed by atoms with Crippen molar-refractivity contribution in [3.63, 3.8) is 0 Å². The maximum atomic E-state index is 9.13. The van der Waals surface area contributed by atoms with Crippen molar-refractivity contribution in [1.82, 2.24) is 0 Å². The average molecular weight is 426 g/mol. The summed E-state index contributed by atoms with van der Waals surface area (Å²) in [6, 6.07) is 7.41. The van der Waals surface area contributed by atoms with Crippen LogP contribution in [0, 0.1) is 56.8 Å². The molecule has 1 aromatic rings. The molecule has 0 aromatic heterocycles. The van der Waals surface area contributed by atoms with Gasteiger partial charge in [-0.2, -0.15) is 21.0 Å². The quantitative estimate of drug-likeness (QED) is 0.490. The summed E-state index contributed by atoms with van der Waals surface area (Å²) in [6.45, 7) is 0. The van der Waals surface area contributed by atoms with Gasteiger partial charge in [-0.1, -0.05) is 47.0 Å². The molecule has 2 aliphatic rings. The van der Waals surface area contributed by atoms with Crippen molar-refractivity contribution in [1.29, 1.82) is 26.3 Å². The number of ether oxygens (including phenoxy) is 2. The molecule has 2 aliphatic heterocycles. The molecule has 0 radical (unpaired) electrons. The normalized spacial score (nSPS) is 13.2. The number of benzene rings is 1. The van der Waals surface area contributed by atoms with Crippen molar-refractivity contribution in [2.24, 2.45) is 0 Å². The maximum Gasteiger partial charge on any atom is 0.292 e. The second kappa shape index (κ2) is 7.80. The highest BCUT2D eigenvalue weighted by molar-refractivity contribution is 8.26. The number of rotatable bonds is 2. The topological polar surface area (TPSA) is 137 Å². The molecule has 0 fully saturated rings. The van der Waals surface area contributed by atoms with Crippen LogP contribution < -0.4 is 9.47 Å². The van der Waals surface area contributed by atoms with Gasteiger partial charge in [0, 0.05) is 0 Å². The van der Waals surface area contributed by atoms with Gasteiger partial charge in [-0.05, 0) is 0 Å². The molecule has 0 atom stereocenters. The first-order chi connectivity index (χ1) is 13.1. The number of allylic oxidation sites excluding steroid dienone is 2. The first-order valence-corrected chi connectivity index (χ1v) is 10.0. The Morgan fingerprint density at radius 1 is 0.667 bits per heavy atom. The first-order valence-electron chi connectivity index (χ1n) is 6.77. The standard InChI is InChI=1S/C16H3N5O2S4/c1-22-9-11-13(26-15(24-11)7(2-17)3-18)10(23-6-21)14-12(9)25-16(27-14)8(4-19)5-20/h1H3. The molecule has 7 nitrogen and oxygen atoms in total. The Morgan fingerprint density at radius 2 is 1.04 bits per heavy atom. The lowest BCUT2D eigenvalue weighted by Crippen LogP contribution is -1.94. The van der Waals surface area contributed by atoms with Crippen molar-refractivity contribution in [3.05, 3.63) is 19.6 Å². The number of nitrogens with zero attached hydrogens (tertiary/aromatic N) is 5. The predicted octanol–water partition coefficient (Wildman–Crippen LogP) is 4.47. The van der Waals surface area contributed by atoms with Gasteiger partial charge in [-0.15, -0.1) is 5.26 Å². The summed E-state index contributed by atoms with van der Waals surface area (Å²) in [5.41, 5.74) is -0.0769. The molecule has 0 unspecified atom stereocenters. The number of hydrogen-bond donors (Lipinski definition) is 0. The second-order valence-electron chi connectivity index (χ2n) is 4.55. The second-order valence-corrected chi connectivity index (χ2v) is 9.15. The smallest absolute Gasteiger partial charge is 0.292 e. The Labute approximate surface area is 170 Å². The van der Waals surface area contributed by atoms with Crippen LogP contribution in [0.1, 0.15) is 0 Å². The van der Waals surface area contributed by atoms with E-state index in [0.717, 1.165) is 23.5 Å². The van der Waals surface area contributed by atoms with E-state index in [1.54, 1.807) is 6.26 Å². The monoisotopic (exact) mass is 425 g/mol. The van der Waals surface area contributed by atoms with E-state index in [4.69, 9.17) is 35.8 Å². The van der Waals surface area contributed by atoms with Gasteiger partial charge in [0.2, 0.25) is 0 Å². The van der Waals surface area contributed by atoms with Gasteiger partial charge in [0.25, 0.3) is 6.26 Å². The molecule has 27 heavy (non-hydrogen) atoms. The van der Waals surface area contributed by atoms with E-state index in [1.165, 1.54) is 30.6 Å². The van der Waals surface area contributed by atoms with Crippen molar-refractivity contribution < 1.29 is 9.47 Å². The molecule has 2 heterocycles. The number of thioether (sulfide) groups is 4. The van der Waals surface area contributed by atoms with Crippen LogP contribution in [0.2, 0.25) is 0 Å². The fraction of sp³-hybridized carbons (Fsp3) is 0.0625. The highest BCUT2D eigenvalue weighted by Gasteiger charge is 2.38. The third-order valence-corrected chi connectivity index (χ3v) is 8.41. The zero-order valence-electron chi connectivity index (χ0n) is 13.2. The minimum atomic E-state index is -0.0385. The molecule has 0 amide bonds. The van der Waals surface area contributed by atoms with E-state index in [1.807, 2.05) is 24.3 Å². The number of fused-ring (bicyclic) bond motifs is 2. The Bertz CT molecular complexity index is 1040. The summed E-state index contributed by atoms with van der Waals surface area (Å²) in [5, 5.41) is 45.6. The van der Waals surface area contributed by atoms with Gasteiger partial charge in [0.15, 0.2) is 5.75 Å². The van der Waals surface area contributed by atoms with E-state index in [-0.39, 0.29) is 16.9 Å². The van der Waals surface area contributed by atoms with Crippen molar-refractivity contribution >= 4 is 47.0 Å². The molecule has 0 spiro atoms. The lowest BCUT2D eigenvalue weighted by molar-refractivity contribution is 0.382. The van der Waals surface area contributed by atoms with Crippen LogP contribution in [0.25, 0.3) is 0 Å². The lowest BCUT2D eigenvalue weighted by atomic mass is 10.3. The molecule has 0 aliphatic carbocycles. The van der Waals surface area contributed by atoms with Gasteiger partial charge >= 0.3 is 0 Å². The maximum absolute atomic E-state index is 9.13. The molecule has 0 saturated carbocycles. The molecular weight excluding hydrogens is 422 g/mol. The molecule has 1 aromatic carbocycles. The van der Waals surface area contributed by atoms with E-state index in [0.29, 0.717) is 33.8 Å². The molecular formula is C16H3N5O2S4. The van der Waals surface area contributed by atoms with Crippen LogP contribution in [-0.2, 0) is 0 Å². The number of hydrogen-bond acceptors (Lipinski definition) is 11. The van der Waals surface area contributed by atoms with E-state index in [9.17, 15) is 0 Å². The number of methoxy groups -OCH3 is 1. The SMILES string of the molecule is COc1c2c(c(OC#N)c3c1SC(=C(C#N)C#N)S3)SC(=C(C#N)C#N)S2.